The molecule has 0 amide bonds. The Labute approximate surface area is 86.5 Å². The zero-order valence-electron chi connectivity index (χ0n) is 7.44. The van der Waals surface area contributed by atoms with E-state index in [4.69, 9.17) is 0 Å². The van der Waals surface area contributed by atoms with Gasteiger partial charge in [-0.2, -0.15) is 12.6 Å². The van der Waals surface area contributed by atoms with Crippen LogP contribution >= 0.6 is 12.6 Å². The van der Waals surface area contributed by atoms with Gasteiger partial charge in [-0.1, -0.05) is 0 Å². The van der Waals surface area contributed by atoms with Crippen molar-refractivity contribution in [2.24, 2.45) is 0 Å². The molecule has 0 N–H and O–H groups in total. The first-order valence-electron chi connectivity index (χ1n) is 4.19. The zero-order chi connectivity index (χ0) is 10.6. The van der Waals surface area contributed by atoms with Gasteiger partial charge in [-0.05, 0) is 30.2 Å². The molecule has 0 aromatic heterocycles. The summed E-state index contributed by atoms with van der Waals surface area (Å²) in [6.07, 6.45) is 1.32. The number of halogens is 1. The van der Waals surface area contributed by atoms with Gasteiger partial charge in [0.1, 0.15) is 5.82 Å². The topological polar surface area (TPSA) is 43.1 Å². The lowest BCUT2D eigenvalue weighted by Crippen LogP contribution is -1.94. The number of nitrogens with zero attached hydrogens (tertiary/aromatic N) is 1. The number of hydrogen-bond acceptors (Lipinski definition) is 3. The van der Waals surface area contributed by atoms with Gasteiger partial charge in [-0.25, -0.2) is 4.39 Å². The summed E-state index contributed by atoms with van der Waals surface area (Å²) in [5.41, 5.74) is 0.293. The quantitative estimate of drug-likeness (QED) is 0.476. The molecule has 0 bridgehead atoms. The van der Waals surface area contributed by atoms with Crippen molar-refractivity contribution in [1.29, 1.82) is 0 Å². The second-order valence-corrected chi connectivity index (χ2v) is 3.31. The molecular formula is C9H10FNO2S. The molecule has 0 aliphatic heterocycles. The minimum atomic E-state index is -0.606. The Morgan fingerprint density at radius 1 is 1.50 bits per heavy atom. The molecule has 1 rings (SSSR count). The number of thiol groups is 1. The predicted octanol–water partition coefficient (Wildman–Crippen LogP) is 2.60. The van der Waals surface area contributed by atoms with Crippen molar-refractivity contribution in [3.05, 3.63) is 39.7 Å². The lowest BCUT2D eigenvalue weighted by molar-refractivity contribution is -0.385. The van der Waals surface area contributed by atoms with Crippen LogP contribution in [0.25, 0.3) is 0 Å². The summed E-state index contributed by atoms with van der Waals surface area (Å²) in [5.74, 6) is 0.164. The second kappa shape index (κ2) is 4.95. The van der Waals surface area contributed by atoms with E-state index < -0.39 is 10.7 Å². The first-order chi connectivity index (χ1) is 6.65. The number of rotatable bonds is 4. The first-order valence-corrected chi connectivity index (χ1v) is 4.82. The van der Waals surface area contributed by atoms with E-state index in [1.165, 1.54) is 12.1 Å². The molecule has 14 heavy (non-hydrogen) atoms. The van der Waals surface area contributed by atoms with Gasteiger partial charge in [-0.3, -0.25) is 10.1 Å². The van der Waals surface area contributed by atoms with Crippen LogP contribution in [0.5, 0.6) is 0 Å². The molecule has 0 radical (unpaired) electrons. The third-order valence-electron chi connectivity index (χ3n) is 1.85. The van der Waals surface area contributed by atoms with E-state index in [2.05, 4.69) is 12.6 Å². The van der Waals surface area contributed by atoms with E-state index in [1.807, 2.05) is 0 Å². The molecule has 1 aromatic carbocycles. The number of non-ortho nitro benzene ring substituents is 1. The third kappa shape index (κ3) is 2.70. The van der Waals surface area contributed by atoms with Gasteiger partial charge < -0.3 is 0 Å². The molecule has 0 atom stereocenters. The third-order valence-corrected chi connectivity index (χ3v) is 2.17. The van der Waals surface area contributed by atoms with Gasteiger partial charge in [0.15, 0.2) is 0 Å². The monoisotopic (exact) mass is 215 g/mol. The maximum absolute atomic E-state index is 13.2. The van der Waals surface area contributed by atoms with Crippen LogP contribution in [0, 0.1) is 15.9 Å². The Morgan fingerprint density at radius 2 is 2.21 bits per heavy atom. The van der Waals surface area contributed by atoms with E-state index in [9.17, 15) is 14.5 Å². The Bertz CT molecular complexity index is 344. The zero-order valence-corrected chi connectivity index (χ0v) is 8.34. The smallest absolute Gasteiger partial charge is 0.258 e. The van der Waals surface area contributed by atoms with Gasteiger partial charge in [0.05, 0.1) is 11.0 Å². The van der Waals surface area contributed by atoms with Crippen molar-refractivity contribution in [2.75, 3.05) is 5.75 Å². The predicted molar refractivity (Wildman–Crippen MR) is 55.2 cm³/mol. The van der Waals surface area contributed by atoms with Crippen molar-refractivity contribution >= 4 is 18.3 Å². The van der Waals surface area contributed by atoms with Crippen LogP contribution in [0.3, 0.4) is 0 Å². The highest BCUT2D eigenvalue weighted by atomic mass is 32.1. The fraction of sp³-hybridized carbons (Fsp3) is 0.333. The number of aryl methyl sites for hydroxylation is 1. The van der Waals surface area contributed by atoms with Crippen molar-refractivity contribution < 1.29 is 9.31 Å². The highest BCUT2D eigenvalue weighted by Crippen LogP contribution is 2.17. The van der Waals surface area contributed by atoms with Crippen LogP contribution < -0.4 is 0 Å². The van der Waals surface area contributed by atoms with Gasteiger partial charge in [0, 0.05) is 6.07 Å². The Kier molecular flexibility index (Phi) is 3.88. The number of hydrogen-bond donors (Lipinski definition) is 1. The number of benzene rings is 1. The molecule has 1 aromatic rings. The molecular weight excluding hydrogens is 205 g/mol. The van der Waals surface area contributed by atoms with E-state index in [0.717, 1.165) is 12.5 Å². The first kappa shape index (κ1) is 11.0. The lowest BCUT2D eigenvalue weighted by Gasteiger charge is -2.00. The molecule has 0 aliphatic carbocycles. The molecule has 5 heteroatoms. The van der Waals surface area contributed by atoms with E-state index in [1.54, 1.807) is 0 Å². The van der Waals surface area contributed by atoms with Gasteiger partial charge >= 0.3 is 0 Å². The van der Waals surface area contributed by atoms with E-state index in [0.29, 0.717) is 17.7 Å². The van der Waals surface area contributed by atoms with Crippen LogP contribution in [0.4, 0.5) is 10.1 Å². The summed E-state index contributed by atoms with van der Waals surface area (Å²) in [4.78, 5) is 9.70. The largest absolute Gasteiger partial charge is 0.272 e. The van der Waals surface area contributed by atoms with E-state index >= 15 is 0 Å². The van der Waals surface area contributed by atoms with Crippen LogP contribution in [0.2, 0.25) is 0 Å². The molecule has 3 nitrogen and oxygen atoms in total. The molecule has 0 fully saturated rings. The fourth-order valence-corrected chi connectivity index (χ4v) is 1.28. The molecule has 0 unspecified atom stereocenters. The SMILES string of the molecule is O=[N+]([O-])c1ccc(CCCS)c(F)c1. The summed E-state index contributed by atoms with van der Waals surface area (Å²) in [6, 6.07) is 3.72. The van der Waals surface area contributed by atoms with Gasteiger partial charge in [0.2, 0.25) is 0 Å². The Balaban J connectivity index is 2.84. The van der Waals surface area contributed by atoms with Crippen LogP contribution in [-0.2, 0) is 6.42 Å². The van der Waals surface area contributed by atoms with Crippen molar-refractivity contribution in [2.45, 2.75) is 12.8 Å². The average molecular weight is 215 g/mol. The second-order valence-electron chi connectivity index (χ2n) is 2.86. The molecule has 0 saturated heterocycles. The maximum atomic E-state index is 13.2. The molecule has 0 spiro atoms. The molecule has 0 aliphatic rings. The summed E-state index contributed by atoms with van der Waals surface area (Å²) in [6.45, 7) is 0. The Hall–Kier alpha value is -1.10. The highest BCUT2D eigenvalue weighted by molar-refractivity contribution is 7.80. The maximum Gasteiger partial charge on any atom is 0.272 e. The van der Waals surface area contributed by atoms with Gasteiger partial charge in [-0.15, -0.1) is 0 Å². The van der Waals surface area contributed by atoms with E-state index in [-0.39, 0.29) is 5.69 Å². The van der Waals surface area contributed by atoms with Crippen LogP contribution in [0.1, 0.15) is 12.0 Å². The summed E-state index contributed by atoms with van der Waals surface area (Å²) >= 11 is 4.01. The molecule has 0 heterocycles. The average Bonchev–Trinajstić information content (AvgIpc) is 2.15. The summed E-state index contributed by atoms with van der Waals surface area (Å²) in [7, 11) is 0. The molecule has 0 saturated carbocycles. The van der Waals surface area contributed by atoms with Crippen LogP contribution in [-0.4, -0.2) is 10.7 Å². The minimum absolute atomic E-state index is 0.211. The normalized spacial score (nSPS) is 10.1. The van der Waals surface area contributed by atoms with Crippen molar-refractivity contribution in [3.8, 4) is 0 Å². The Morgan fingerprint density at radius 3 is 2.71 bits per heavy atom. The lowest BCUT2D eigenvalue weighted by atomic mass is 10.1. The highest BCUT2D eigenvalue weighted by Gasteiger charge is 2.09. The molecule has 76 valence electrons. The fourth-order valence-electron chi connectivity index (χ4n) is 1.12. The van der Waals surface area contributed by atoms with Crippen molar-refractivity contribution in [3.63, 3.8) is 0 Å². The number of nitro groups is 1. The summed E-state index contributed by atoms with van der Waals surface area (Å²) in [5, 5.41) is 10.3. The standard InChI is InChI=1S/C9H10FNO2S/c10-9-6-8(11(12)13)4-3-7(9)2-1-5-14/h3-4,6,14H,1-2,5H2. The summed E-state index contributed by atoms with van der Waals surface area (Å²) < 4.78 is 13.2. The minimum Gasteiger partial charge on any atom is -0.258 e. The van der Waals surface area contributed by atoms with Crippen LogP contribution in [0.15, 0.2) is 18.2 Å². The number of nitro benzene ring substituents is 1. The van der Waals surface area contributed by atoms with Crippen molar-refractivity contribution in [1.82, 2.24) is 0 Å². The van der Waals surface area contributed by atoms with Gasteiger partial charge in [0.25, 0.3) is 5.69 Å².